The quantitative estimate of drug-likeness (QED) is 0.201. The second-order valence-electron chi connectivity index (χ2n) is 15.4. The molecule has 14 nitrogen and oxygen atoms in total. The van der Waals surface area contributed by atoms with Gasteiger partial charge in [0.2, 0.25) is 23.6 Å². The minimum Gasteiger partial charge on any atom is -0.452 e. The van der Waals surface area contributed by atoms with Crippen LogP contribution in [0.25, 0.3) is 10.9 Å². The number of nitrogens with zero attached hydrogens (tertiary/aromatic N) is 3. The van der Waals surface area contributed by atoms with Gasteiger partial charge in [0.1, 0.15) is 6.04 Å². The molecule has 3 rings (SSSR count). The number of imide groups is 1. The van der Waals surface area contributed by atoms with Crippen molar-refractivity contribution in [3.8, 4) is 0 Å². The van der Waals surface area contributed by atoms with Crippen LogP contribution in [0.5, 0.6) is 0 Å². The molecule has 1 aromatic heterocycles. The van der Waals surface area contributed by atoms with Crippen LogP contribution in [0, 0.1) is 17.8 Å². The summed E-state index contributed by atoms with van der Waals surface area (Å²) in [4.78, 5) is 76.2. The average molecular weight is 757 g/mol. The van der Waals surface area contributed by atoms with Gasteiger partial charge in [-0.25, -0.2) is 9.69 Å². The maximum atomic E-state index is 14.3. The number of para-hydroxylation sites is 1. The highest BCUT2D eigenvalue weighted by Crippen LogP contribution is 2.31. The fourth-order valence-corrected chi connectivity index (χ4v) is 7.49. The molecule has 5 amide bonds. The van der Waals surface area contributed by atoms with Crippen molar-refractivity contribution in [3.63, 3.8) is 0 Å². The van der Waals surface area contributed by atoms with Crippen LogP contribution >= 0.6 is 0 Å². The number of benzene rings is 1. The Balaban J connectivity index is 1.84. The highest BCUT2D eigenvalue weighted by atomic mass is 16.5. The highest BCUT2D eigenvalue weighted by molar-refractivity contribution is 5.94. The average Bonchev–Trinajstić information content (AvgIpc) is 3.82. The van der Waals surface area contributed by atoms with Gasteiger partial charge >= 0.3 is 6.09 Å². The number of likely N-dealkylation sites (N-methyl/N-ethyl adjacent to an activating group) is 2. The van der Waals surface area contributed by atoms with Gasteiger partial charge in [0.25, 0.3) is 0 Å². The summed E-state index contributed by atoms with van der Waals surface area (Å²) < 4.78 is 17.0. The number of fused-ring (bicyclic) bond motifs is 1. The summed E-state index contributed by atoms with van der Waals surface area (Å²) in [5.74, 6) is -2.27. The first kappa shape index (κ1) is 44.4. The first-order valence-corrected chi connectivity index (χ1v) is 19.0. The number of H-pyrrole nitrogens is 1. The van der Waals surface area contributed by atoms with Gasteiger partial charge in [0, 0.05) is 44.9 Å². The third-order valence-corrected chi connectivity index (χ3v) is 11.3. The summed E-state index contributed by atoms with van der Waals surface area (Å²) in [5.41, 5.74) is 0.762. The first-order chi connectivity index (χ1) is 25.5. The van der Waals surface area contributed by atoms with E-state index in [1.54, 1.807) is 50.9 Å². The molecule has 1 saturated heterocycles. The third kappa shape index (κ3) is 9.99. The van der Waals surface area contributed by atoms with Crippen LogP contribution in [0.4, 0.5) is 4.79 Å². The maximum absolute atomic E-state index is 14.3. The van der Waals surface area contributed by atoms with Crippen molar-refractivity contribution in [2.45, 2.75) is 117 Å². The fourth-order valence-electron chi connectivity index (χ4n) is 7.49. The predicted molar refractivity (Wildman–Crippen MR) is 207 cm³/mol. The molecule has 3 N–H and O–H groups in total. The lowest BCUT2D eigenvalue weighted by Crippen LogP contribution is -2.61. The van der Waals surface area contributed by atoms with Crippen LogP contribution in [0.3, 0.4) is 0 Å². The second-order valence-corrected chi connectivity index (χ2v) is 15.4. The number of rotatable bonds is 18. The van der Waals surface area contributed by atoms with E-state index in [0.29, 0.717) is 19.4 Å². The van der Waals surface area contributed by atoms with Gasteiger partial charge in [-0.05, 0) is 57.2 Å². The number of ether oxygens (including phenoxy) is 3. The first-order valence-electron chi connectivity index (χ1n) is 19.0. The van der Waals surface area contributed by atoms with Crippen molar-refractivity contribution in [3.05, 3.63) is 36.0 Å². The zero-order chi connectivity index (χ0) is 40.5. The van der Waals surface area contributed by atoms with Crippen LogP contribution in [0.1, 0.15) is 79.7 Å². The van der Waals surface area contributed by atoms with Gasteiger partial charge in [-0.3, -0.25) is 19.2 Å². The van der Waals surface area contributed by atoms with Crippen molar-refractivity contribution >= 4 is 40.6 Å². The number of amides is 5. The van der Waals surface area contributed by atoms with Gasteiger partial charge in [-0.2, -0.15) is 0 Å². The lowest BCUT2D eigenvalue weighted by molar-refractivity contribution is -0.149. The summed E-state index contributed by atoms with van der Waals surface area (Å²) >= 11 is 0. The molecule has 7 atom stereocenters. The molecule has 0 unspecified atom stereocenters. The molecule has 0 saturated carbocycles. The van der Waals surface area contributed by atoms with Crippen LogP contribution in [-0.4, -0.2) is 127 Å². The third-order valence-electron chi connectivity index (χ3n) is 11.3. The minimum absolute atomic E-state index is 0.00301. The summed E-state index contributed by atoms with van der Waals surface area (Å²) in [5, 5.41) is 6.82. The van der Waals surface area contributed by atoms with E-state index in [0.717, 1.165) is 27.8 Å². The molecule has 0 radical (unpaired) electrons. The largest absolute Gasteiger partial charge is 0.452 e. The number of likely N-dealkylation sites (tertiary alicyclic amines) is 1. The number of aromatic nitrogens is 1. The van der Waals surface area contributed by atoms with E-state index in [1.165, 1.54) is 21.3 Å². The van der Waals surface area contributed by atoms with Gasteiger partial charge in [-0.15, -0.1) is 0 Å². The molecule has 0 spiro atoms. The van der Waals surface area contributed by atoms with E-state index in [4.69, 9.17) is 14.2 Å². The molecule has 1 aliphatic rings. The number of methoxy groups -OCH3 is 3. The number of aromatic amines is 1. The minimum atomic E-state index is -0.882. The van der Waals surface area contributed by atoms with Gasteiger partial charge < -0.3 is 39.6 Å². The van der Waals surface area contributed by atoms with E-state index < -0.39 is 53.8 Å². The van der Waals surface area contributed by atoms with E-state index in [1.807, 2.05) is 52.0 Å². The van der Waals surface area contributed by atoms with Crippen LogP contribution in [0.2, 0.25) is 0 Å². The smallest absolute Gasteiger partial charge is 0.416 e. The number of hydrogen-bond acceptors (Lipinski definition) is 9. The number of hydrogen-bond donors (Lipinski definition) is 3. The Labute approximate surface area is 321 Å². The Morgan fingerprint density at radius 3 is 2.26 bits per heavy atom. The van der Waals surface area contributed by atoms with E-state index in [9.17, 15) is 24.0 Å². The Morgan fingerprint density at radius 2 is 1.69 bits per heavy atom. The molecule has 1 aromatic carbocycles. The lowest BCUT2D eigenvalue weighted by Gasteiger charge is -2.41. The van der Waals surface area contributed by atoms with Crippen molar-refractivity contribution < 1.29 is 38.2 Å². The predicted octanol–water partition coefficient (Wildman–Crippen LogP) is 4.32. The van der Waals surface area contributed by atoms with Crippen LogP contribution in [-0.2, 0) is 39.9 Å². The Kier molecular flexibility index (Phi) is 16.1. The molecule has 14 heteroatoms. The van der Waals surface area contributed by atoms with E-state index >= 15 is 0 Å². The molecule has 2 aromatic rings. The van der Waals surface area contributed by atoms with Crippen LogP contribution < -0.4 is 10.6 Å². The summed E-state index contributed by atoms with van der Waals surface area (Å²) in [6.07, 6.45) is 1.63. The topological polar surface area (TPSA) is 163 Å². The number of carbonyl (C=O) groups is 5. The van der Waals surface area contributed by atoms with Crippen molar-refractivity contribution in [1.82, 2.24) is 30.3 Å². The molecular formula is C40H64N6O8. The summed E-state index contributed by atoms with van der Waals surface area (Å²) in [6.45, 7) is 13.5. The molecule has 0 bridgehead atoms. The molecule has 54 heavy (non-hydrogen) atoms. The Hall–Kier alpha value is -4.01. The molecule has 302 valence electrons. The zero-order valence-electron chi connectivity index (χ0n) is 34.4. The highest BCUT2D eigenvalue weighted by Gasteiger charge is 2.44. The normalized spacial score (nSPS) is 18.1. The van der Waals surface area contributed by atoms with Crippen molar-refractivity contribution in [2.75, 3.05) is 42.0 Å². The van der Waals surface area contributed by atoms with Crippen molar-refractivity contribution in [2.24, 2.45) is 17.8 Å². The van der Waals surface area contributed by atoms with Crippen LogP contribution in [0.15, 0.2) is 30.5 Å². The SMILES string of the molecule is CC[C@H](C)[C@@H]([C@@H](CC(=O)N1CCC[C@H]1[C@H](OC)[C@@H](C)C(=O)N(Cc1c[nH]c2ccccc12)C(=O)OC)OC)N(C)C(=O)[C@@H](NC(=O)C(C)(C)NC)C(C)C. The zero-order valence-corrected chi connectivity index (χ0v) is 34.4. The Bertz CT molecular complexity index is 1590. The van der Waals surface area contributed by atoms with Gasteiger partial charge in [0.15, 0.2) is 0 Å². The molecule has 1 fully saturated rings. The maximum Gasteiger partial charge on any atom is 0.416 e. The monoisotopic (exact) mass is 756 g/mol. The second kappa shape index (κ2) is 19.5. The summed E-state index contributed by atoms with van der Waals surface area (Å²) in [7, 11) is 7.69. The molecular weight excluding hydrogens is 692 g/mol. The van der Waals surface area contributed by atoms with E-state index in [-0.39, 0.29) is 42.5 Å². The van der Waals surface area contributed by atoms with Gasteiger partial charge in [-0.1, -0.05) is 59.2 Å². The number of nitrogens with one attached hydrogen (secondary N) is 3. The Morgan fingerprint density at radius 1 is 1.02 bits per heavy atom. The molecule has 0 aliphatic carbocycles. The van der Waals surface area contributed by atoms with E-state index in [2.05, 4.69) is 15.6 Å². The van der Waals surface area contributed by atoms with Gasteiger partial charge in [0.05, 0.1) is 55.8 Å². The molecule has 1 aliphatic heterocycles. The lowest BCUT2D eigenvalue weighted by atomic mass is 9.89. The number of carbonyl (C=O) groups excluding carboxylic acids is 5. The van der Waals surface area contributed by atoms with Crippen molar-refractivity contribution in [1.29, 1.82) is 0 Å². The summed E-state index contributed by atoms with van der Waals surface area (Å²) in [6, 6.07) is 5.92. The fraction of sp³-hybridized carbons (Fsp3) is 0.675. The molecule has 2 heterocycles. The standard InChI is InChI=1S/C40H64N6O8/c1-13-25(4)34(44(9)37(49)33(24(2)3)43-38(50)40(6,7)41-8)31(52-10)21-32(47)45-20-16-19-30(45)35(53-11)26(5)36(48)46(39(51)54-12)23-27-22-42-29-18-15-14-17-28(27)29/h14-15,17-18,22,24-26,30-31,33-35,41-42H,13,16,19-21,23H2,1-12H3,(H,43,50)/t25-,26+,30-,31+,33-,34-,35+/m0/s1.